The number of fused-ring (bicyclic) bond motifs is 1. The highest BCUT2D eigenvalue weighted by molar-refractivity contribution is 7.22. The molecule has 2 aromatic heterocycles. The lowest BCUT2D eigenvalue weighted by molar-refractivity contribution is -0.132. The number of carbonyl (C=O) groups excluding carboxylic acids is 2. The second-order valence-electron chi connectivity index (χ2n) is 7.83. The Bertz CT molecular complexity index is 1520. The predicted molar refractivity (Wildman–Crippen MR) is 138 cm³/mol. The van der Waals surface area contributed by atoms with Crippen LogP contribution in [0.15, 0.2) is 66.4 Å². The van der Waals surface area contributed by atoms with E-state index in [-0.39, 0.29) is 11.1 Å². The molecule has 0 radical (unpaired) electrons. The van der Waals surface area contributed by atoms with Crippen molar-refractivity contribution in [3.63, 3.8) is 0 Å². The van der Waals surface area contributed by atoms with E-state index in [1.807, 2.05) is 13.0 Å². The Morgan fingerprint density at radius 3 is 2.72 bits per heavy atom. The molecule has 0 saturated carbocycles. The predicted octanol–water partition coefficient (Wildman–Crippen LogP) is 5.38. The molecule has 10 heteroatoms. The van der Waals surface area contributed by atoms with E-state index in [1.165, 1.54) is 29.4 Å². The number of aliphatic hydroxyl groups is 1. The van der Waals surface area contributed by atoms with Crippen LogP contribution < -0.4 is 14.4 Å². The molecule has 8 nitrogen and oxygen atoms in total. The molecule has 3 heterocycles. The van der Waals surface area contributed by atoms with Gasteiger partial charge in [-0.25, -0.2) is 4.98 Å². The van der Waals surface area contributed by atoms with E-state index in [4.69, 9.17) is 21.1 Å². The lowest BCUT2D eigenvalue weighted by atomic mass is 9.98. The number of rotatable bonds is 6. The summed E-state index contributed by atoms with van der Waals surface area (Å²) in [5.74, 6) is -1.12. The summed E-state index contributed by atoms with van der Waals surface area (Å²) in [7, 11) is 1.44. The van der Waals surface area contributed by atoms with Gasteiger partial charge in [0, 0.05) is 11.2 Å². The number of aromatic nitrogens is 2. The normalized spacial score (nSPS) is 17.1. The number of Topliss-reactive ketones (excluding diaryl/α,β-unsaturated/α-hetero) is 1. The zero-order valence-corrected chi connectivity index (χ0v) is 20.8. The maximum absolute atomic E-state index is 13.4. The number of benzene rings is 2. The minimum absolute atomic E-state index is 0.131. The number of thiazole rings is 1. The van der Waals surface area contributed by atoms with Crippen molar-refractivity contribution in [3.05, 3.63) is 82.6 Å². The van der Waals surface area contributed by atoms with Gasteiger partial charge in [-0.1, -0.05) is 29.0 Å². The quantitative estimate of drug-likeness (QED) is 0.206. The molecule has 0 bridgehead atoms. The van der Waals surface area contributed by atoms with E-state index in [1.54, 1.807) is 48.7 Å². The Labute approximate surface area is 215 Å². The summed E-state index contributed by atoms with van der Waals surface area (Å²) in [5, 5.41) is 12.0. The molecule has 1 N–H and O–H groups in total. The van der Waals surface area contributed by atoms with Crippen LogP contribution in [0.2, 0.25) is 5.02 Å². The first-order valence-corrected chi connectivity index (χ1v) is 12.2. The number of amides is 1. The minimum atomic E-state index is -1.01. The monoisotopic (exact) mass is 521 g/mol. The number of methoxy groups -OCH3 is 1. The van der Waals surface area contributed by atoms with Crippen LogP contribution in [-0.2, 0) is 9.59 Å². The van der Waals surface area contributed by atoms with Crippen molar-refractivity contribution in [1.29, 1.82) is 0 Å². The summed E-state index contributed by atoms with van der Waals surface area (Å²) in [6.07, 6.45) is 1.56. The molecule has 0 aliphatic carbocycles. The van der Waals surface area contributed by atoms with Gasteiger partial charge in [-0.2, -0.15) is 0 Å². The van der Waals surface area contributed by atoms with Gasteiger partial charge in [0.15, 0.2) is 5.13 Å². The van der Waals surface area contributed by atoms with Crippen LogP contribution in [0, 0.1) is 0 Å². The highest BCUT2D eigenvalue weighted by Gasteiger charge is 2.49. The third-order valence-corrected chi connectivity index (χ3v) is 6.95. The molecule has 1 aliphatic heterocycles. The van der Waals surface area contributed by atoms with E-state index >= 15 is 0 Å². The van der Waals surface area contributed by atoms with Crippen molar-refractivity contribution in [1.82, 2.24) is 9.97 Å². The molecular weight excluding hydrogens is 502 g/mol. The summed E-state index contributed by atoms with van der Waals surface area (Å²) in [6, 6.07) is 14.2. The molecule has 1 aliphatic rings. The van der Waals surface area contributed by atoms with Gasteiger partial charge in [0.1, 0.15) is 23.3 Å². The number of halogens is 1. The number of anilines is 1. The van der Waals surface area contributed by atoms with Gasteiger partial charge >= 0.3 is 5.91 Å². The van der Waals surface area contributed by atoms with Gasteiger partial charge in [-0.05, 0) is 55.5 Å². The first-order chi connectivity index (χ1) is 17.4. The summed E-state index contributed by atoms with van der Waals surface area (Å²) in [5.41, 5.74) is 1.10. The molecule has 2 aromatic carbocycles. The maximum Gasteiger partial charge on any atom is 0.301 e. The van der Waals surface area contributed by atoms with Crippen molar-refractivity contribution in [2.45, 2.75) is 13.0 Å². The van der Waals surface area contributed by atoms with E-state index in [0.29, 0.717) is 39.5 Å². The number of aliphatic hydroxyl groups excluding tert-OH is 1. The van der Waals surface area contributed by atoms with Crippen molar-refractivity contribution in [2.75, 3.05) is 18.6 Å². The third kappa shape index (κ3) is 4.06. The largest absolute Gasteiger partial charge is 0.507 e. The summed E-state index contributed by atoms with van der Waals surface area (Å²) < 4.78 is 11.7. The van der Waals surface area contributed by atoms with Crippen molar-refractivity contribution < 1.29 is 24.2 Å². The summed E-state index contributed by atoms with van der Waals surface area (Å²) >= 11 is 7.41. The number of ether oxygens (including phenoxy) is 2. The number of carbonyl (C=O) groups is 2. The number of nitrogens with zero attached hydrogens (tertiary/aromatic N) is 3. The van der Waals surface area contributed by atoms with Gasteiger partial charge in [-0.3, -0.25) is 19.5 Å². The maximum atomic E-state index is 13.4. The van der Waals surface area contributed by atoms with E-state index in [9.17, 15) is 14.7 Å². The van der Waals surface area contributed by atoms with Crippen LogP contribution >= 0.6 is 22.9 Å². The Balaban J connectivity index is 1.71. The lowest BCUT2D eigenvalue weighted by Gasteiger charge is -2.22. The van der Waals surface area contributed by atoms with Gasteiger partial charge < -0.3 is 14.6 Å². The number of pyridine rings is 1. The van der Waals surface area contributed by atoms with Crippen LogP contribution in [0.5, 0.6) is 11.5 Å². The average Bonchev–Trinajstić information content (AvgIpc) is 3.42. The fourth-order valence-electron chi connectivity index (χ4n) is 4.11. The second-order valence-corrected chi connectivity index (χ2v) is 9.27. The minimum Gasteiger partial charge on any atom is -0.507 e. The van der Waals surface area contributed by atoms with Gasteiger partial charge in [0.2, 0.25) is 0 Å². The lowest BCUT2D eigenvalue weighted by Crippen LogP contribution is -2.29. The molecule has 1 atom stereocenters. The molecule has 1 amide bonds. The molecule has 1 fully saturated rings. The van der Waals surface area contributed by atoms with Gasteiger partial charge in [-0.15, -0.1) is 0 Å². The topological polar surface area (TPSA) is 102 Å². The Kier molecular flexibility index (Phi) is 6.34. The smallest absolute Gasteiger partial charge is 0.301 e. The number of ketones is 1. The summed E-state index contributed by atoms with van der Waals surface area (Å²) in [4.78, 5) is 37.0. The van der Waals surface area contributed by atoms with Crippen LogP contribution in [0.4, 0.5) is 5.13 Å². The highest BCUT2D eigenvalue weighted by atomic mass is 35.5. The van der Waals surface area contributed by atoms with Crippen molar-refractivity contribution in [2.24, 2.45) is 0 Å². The highest BCUT2D eigenvalue weighted by Crippen LogP contribution is 2.45. The first kappa shape index (κ1) is 23.8. The third-order valence-electron chi connectivity index (χ3n) is 5.69. The Morgan fingerprint density at radius 1 is 1.17 bits per heavy atom. The van der Waals surface area contributed by atoms with E-state index < -0.39 is 23.5 Å². The molecule has 5 rings (SSSR count). The van der Waals surface area contributed by atoms with E-state index in [0.717, 1.165) is 4.70 Å². The Hall–Kier alpha value is -3.95. The zero-order chi connectivity index (χ0) is 25.4. The SMILES string of the molecule is CCOc1ccc2nc(N3C(=O)C(=O)/C(=C(/O)c4cc(Cl)ccc4OC)C3c3ccccn3)sc2c1. The van der Waals surface area contributed by atoms with Crippen molar-refractivity contribution >= 4 is 55.7 Å². The standard InChI is InChI=1S/C26H20ClN3O5S/c1-3-35-15-8-9-17-20(13-15)36-26(29-17)30-22(18-6-4-5-11-28-18)21(24(32)25(30)33)23(31)16-12-14(27)7-10-19(16)34-2/h4-13,22,31H,3H2,1-2H3/b23-21+. The molecule has 182 valence electrons. The fourth-order valence-corrected chi connectivity index (χ4v) is 5.30. The molecular formula is C26H20ClN3O5S. The molecule has 1 saturated heterocycles. The second kappa shape index (κ2) is 9.60. The molecule has 36 heavy (non-hydrogen) atoms. The van der Waals surface area contributed by atoms with Crippen LogP contribution in [0.1, 0.15) is 24.2 Å². The fraction of sp³-hybridized carbons (Fsp3) is 0.154. The molecule has 0 spiro atoms. The number of hydrogen-bond donors (Lipinski definition) is 1. The average molecular weight is 522 g/mol. The summed E-state index contributed by atoms with van der Waals surface area (Å²) in [6.45, 7) is 2.40. The van der Waals surface area contributed by atoms with Gasteiger partial charge in [0.25, 0.3) is 5.78 Å². The molecule has 4 aromatic rings. The van der Waals surface area contributed by atoms with Crippen molar-refractivity contribution in [3.8, 4) is 11.5 Å². The Morgan fingerprint density at radius 2 is 2.00 bits per heavy atom. The first-order valence-electron chi connectivity index (χ1n) is 11.0. The van der Waals surface area contributed by atoms with E-state index in [2.05, 4.69) is 9.97 Å². The molecule has 1 unspecified atom stereocenters. The zero-order valence-electron chi connectivity index (χ0n) is 19.3. The van der Waals surface area contributed by atoms with Gasteiger partial charge in [0.05, 0.1) is 40.8 Å². The van der Waals surface area contributed by atoms with Crippen LogP contribution in [-0.4, -0.2) is 40.5 Å². The van der Waals surface area contributed by atoms with Crippen LogP contribution in [0.25, 0.3) is 16.0 Å². The number of hydrogen-bond acceptors (Lipinski definition) is 8. The van der Waals surface area contributed by atoms with Crippen LogP contribution in [0.3, 0.4) is 0 Å².